The second-order valence-electron chi connectivity index (χ2n) is 6.70. The molecule has 0 spiro atoms. The van der Waals surface area contributed by atoms with Crippen molar-refractivity contribution in [3.8, 4) is 0 Å². The topological polar surface area (TPSA) is 84.2 Å². The van der Waals surface area contributed by atoms with Gasteiger partial charge in [-0.2, -0.15) is 13.2 Å². The summed E-state index contributed by atoms with van der Waals surface area (Å²) in [5.41, 5.74) is 5.71. The summed E-state index contributed by atoms with van der Waals surface area (Å²) in [5, 5.41) is 4.97. The number of amides is 3. The fraction of sp³-hybridized carbons (Fsp3) is 0.500. The van der Waals surface area contributed by atoms with Crippen molar-refractivity contribution in [1.29, 1.82) is 0 Å². The second kappa shape index (κ2) is 7.99. The lowest BCUT2D eigenvalue weighted by atomic mass is 9.86. The first kappa shape index (κ1) is 21.1. The molecule has 1 atom stereocenters. The van der Waals surface area contributed by atoms with E-state index in [-0.39, 0.29) is 10.6 Å². The lowest BCUT2D eigenvalue weighted by Gasteiger charge is -2.28. The second-order valence-corrected chi connectivity index (χ2v) is 7.72. The number of thioether (sulfide) groups is 1. The average molecular weight is 377 g/mol. The van der Waals surface area contributed by atoms with Crippen molar-refractivity contribution < 1.29 is 22.8 Å². The zero-order chi connectivity index (χ0) is 19.4. The molecule has 140 valence electrons. The van der Waals surface area contributed by atoms with E-state index in [1.807, 2.05) is 0 Å². The molecule has 0 unspecified atom stereocenters. The van der Waals surface area contributed by atoms with Gasteiger partial charge in [0.2, 0.25) is 5.91 Å². The summed E-state index contributed by atoms with van der Waals surface area (Å²) < 4.78 is 37.3. The van der Waals surface area contributed by atoms with Crippen LogP contribution in [0.2, 0.25) is 0 Å². The summed E-state index contributed by atoms with van der Waals surface area (Å²) in [5.74, 6) is -1.77. The fourth-order valence-corrected chi connectivity index (χ4v) is 2.78. The van der Waals surface area contributed by atoms with Gasteiger partial charge in [0.15, 0.2) is 0 Å². The number of nitrogens with one attached hydrogen (secondary N) is 2. The molecule has 1 rings (SSSR count). The molecular formula is C16H22F3N3O2S. The third-order valence-electron chi connectivity index (χ3n) is 3.20. The molecule has 0 radical (unpaired) electrons. The maximum absolute atomic E-state index is 12.4. The molecule has 0 bridgehead atoms. The van der Waals surface area contributed by atoms with Crippen molar-refractivity contribution >= 4 is 29.4 Å². The van der Waals surface area contributed by atoms with E-state index in [1.54, 1.807) is 39.8 Å². The maximum atomic E-state index is 12.4. The first-order chi connectivity index (χ1) is 11.3. The van der Waals surface area contributed by atoms with Gasteiger partial charge in [0, 0.05) is 4.90 Å². The molecule has 3 amide bonds. The largest absolute Gasteiger partial charge is 0.398 e. The van der Waals surface area contributed by atoms with Gasteiger partial charge in [0.05, 0.1) is 11.4 Å². The number of carbonyl (C=O) groups is 2. The standard InChI is InChI=1S/C16H22F3N3O2S/c1-9-5-6-11(25-8-16(17,18)19)10(7-9)21-14(24)22-12(13(20)23)15(2,3)4/h5-7,12H,8H2,1-4H3,(H2,20,23)(H2,21,22,24)/t12-/m1/s1. The number of benzene rings is 1. The van der Waals surface area contributed by atoms with Crippen LogP contribution < -0.4 is 16.4 Å². The van der Waals surface area contributed by atoms with Crippen molar-refractivity contribution in [2.45, 2.75) is 44.8 Å². The average Bonchev–Trinajstić information content (AvgIpc) is 2.41. The smallest absolute Gasteiger partial charge is 0.368 e. The number of urea groups is 1. The highest BCUT2D eigenvalue weighted by Gasteiger charge is 2.31. The fourth-order valence-electron chi connectivity index (χ4n) is 2.03. The molecule has 9 heteroatoms. The Balaban J connectivity index is 2.92. The van der Waals surface area contributed by atoms with Crippen LogP contribution in [0.15, 0.2) is 23.1 Å². The minimum atomic E-state index is -4.32. The van der Waals surface area contributed by atoms with Crippen LogP contribution in [0.25, 0.3) is 0 Å². The molecule has 1 aromatic carbocycles. The van der Waals surface area contributed by atoms with Gasteiger partial charge in [-0.25, -0.2) is 4.79 Å². The summed E-state index contributed by atoms with van der Waals surface area (Å²) in [6.07, 6.45) is -4.32. The molecule has 4 N–H and O–H groups in total. The number of primary amides is 1. The Bertz CT molecular complexity index is 642. The Labute approximate surface area is 148 Å². The summed E-state index contributed by atoms with van der Waals surface area (Å²) in [4.78, 5) is 24.0. The quantitative estimate of drug-likeness (QED) is 0.685. The number of nitrogens with two attached hydrogens (primary N) is 1. The zero-order valence-electron chi connectivity index (χ0n) is 14.5. The molecule has 1 aromatic rings. The summed E-state index contributed by atoms with van der Waals surface area (Å²) >= 11 is 0.576. The highest BCUT2D eigenvalue weighted by Crippen LogP contribution is 2.33. The molecule has 0 saturated carbocycles. The lowest BCUT2D eigenvalue weighted by molar-refractivity contribution is -0.122. The van der Waals surface area contributed by atoms with E-state index < -0.39 is 35.3 Å². The molecule has 25 heavy (non-hydrogen) atoms. The minimum Gasteiger partial charge on any atom is -0.368 e. The molecule has 0 heterocycles. The van der Waals surface area contributed by atoms with E-state index in [0.29, 0.717) is 11.8 Å². The van der Waals surface area contributed by atoms with Gasteiger partial charge in [0.25, 0.3) is 0 Å². The Kier molecular flexibility index (Phi) is 6.75. The van der Waals surface area contributed by atoms with Crippen LogP contribution in [-0.2, 0) is 4.79 Å². The molecule has 5 nitrogen and oxygen atoms in total. The van der Waals surface area contributed by atoms with Crippen molar-refractivity contribution in [3.63, 3.8) is 0 Å². The Morgan fingerprint density at radius 2 is 1.84 bits per heavy atom. The summed E-state index contributed by atoms with van der Waals surface area (Å²) in [7, 11) is 0. The van der Waals surface area contributed by atoms with Crippen molar-refractivity contribution in [3.05, 3.63) is 23.8 Å². The van der Waals surface area contributed by atoms with Crippen LogP contribution in [0, 0.1) is 12.3 Å². The van der Waals surface area contributed by atoms with Crippen LogP contribution in [0.3, 0.4) is 0 Å². The van der Waals surface area contributed by atoms with Gasteiger partial charge in [-0.1, -0.05) is 26.8 Å². The van der Waals surface area contributed by atoms with Gasteiger partial charge in [-0.15, -0.1) is 11.8 Å². The first-order valence-corrected chi connectivity index (χ1v) is 8.45. The van der Waals surface area contributed by atoms with Gasteiger partial charge >= 0.3 is 12.2 Å². The lowest BCUT2D eigenvalue weighted by Crippen LogP contribution is -2.53. The highest BCUT2D eigenvalue weighted by atomic mass is 32.2. The van der Waals surface area contributed by atoms with E-state index in [4.69, 9.17) is 5.73 Å². The van der Waals surface area contributed by atoms with Crippen LogP contribution in [0.4, 0.5) is 23.7 Å². The van der Waals surface area contributed by atoms with E-state index in [2.05, 4.69) is 10.6 Å². The van der Waals surface area contributed by atoms with E-state index in [1.165, 1.54) is 6.07 Å². The number of anilines is 1. The van der Waals surface area contributed by atoms with Crippen LogP contribution in [0.1, 0.15) is 26.3 Å². The number of carbonyl (C=O) groups excluding carboxylic acids is 2. The Morgan fingerprint density at radius 3 is 2.32 bits per heavy atom. The zero-order valence-corrected chi connectivity index (χ0v) is 15.3. The third-order valence-corrected chi connectivity index (χ3v) is 4.34. The summed E-state index contributed by atoms with van der Waals surface area (Å²) in [6.45, 7) is 6.96. The Morgan fingerprint density at radius 1 is 1.24 bits per heavy atom. The van der Waals surface area contributed by atoms with Crippen LogP contribution >= 0.6 is 11.8 Å². The normalized spacial score (nSPS) is 13.2. The van der Waals surface area contributed by atoms with Crippen LogP contribution in [0.5, 0.6) is 0 Å². The third kappa shape index (κ3) is 7.25. The number of aryl methyl sites for hydroxylation is 1. The SMILES string of the molecule is Cc1ccc(SCC(F)(F)F)c(NC(=O)N[C@H](C(N)=O)C(C)(C)C)c1. The van der Waals surface area contributed by atoms with Gasteiger partial charge in [0.1, 0.15) is 6.04 Å². The van der Waals surface area contributed by atoms with E-state index in [9.17, 15) is 22.8 Å². The molecular weight excluding hydrogens is 355 g/mol. The predicted octanol–water partition coefficient (Wildman–Crippen LogP) is 3.67. The molecule has 0 saturated heterocycles. The van der Waals surface area contributed by atoms with E-state index >= 15 is 0 Å². The molecule has 0 aliphatic carbocycles. The Hall–Kier alpha value is -1.90. The van der Waals surface area contributed by atoms with Gasteiger partial charge in [-0.05, 0) is 30.0 Å². The summed E-state index contributed by atoms with van der Waals surface area (Å²) in [6, 6.07) is 3.09. The maximum Gasteiger partial charge on any atom is 0.398 e. The van der Waals surface area contributed by atoms with Crippen molar-refractivity contribution in [1.82, 2.24) is 5.32 Å². The predicted molar refractivity (Wildman–Crippen MR) is 92.5 cm³/mol. The number of hydrogen-bond acceptors (Lipinski definition) is 3. The monoisotopic (exact) mass is 377 g/mol. The molecule has 0 aliphatic heterocycles. The number of rotatable bonds is 5. The first-order valence-electron chi connectivity index (χ1n) is 7.46. The van der Waals surface area contributed by atoms with Crippen molar-refractivity contribution in [2.75, 3.05) is 11.1 Å². The number of alkyl halides is 3. The van der Waals surface area contributed by atoms with Crippen molar-refractivity contribution in [2.24, 2.45) is 11.1 Å². The van der Waals surface area contributed by atoms with Gasteiger partial charge < -0.3 is 16.4 Å². The highest BCUT2D eigenvalue weighted by molar-refractivity contribution is 7.99. The minimum absolute atomic E-state index is 0.240. The molecule has 0 fully saturated rings. The number of hydrogen-bond donors (Lipinski definition) is 3. The number of halogens is 3. The van der Waals surface area contributed by atoms with E-state index in [0.717, 1.165) is 5.56 Å². The van der Waals surface area contributed by atoms with Crippen LogP contribution in [-0.4, -0.2) is 29.9 Å². The van der Waals surface area contributed by atoms with Gasteiger partial charge in [-0.3, -0.25) is 4.79 Å². The molecule has 0 aliphatic rings. The molecule has 0 aromatic heterocycles.